The number of para-hydroxylation sites is 2. The highest BCUT2D eigenvalue weighted by molar-refractivity contribution is 5.80. The van der Waals surface area contributed by atoms with Crippen molar-refractivity contribution in [3.8, 4) is 0 Å². The zero-order valence-corrected chi connectivity index (χ0v) is 14.9. The number of rotatable bonds is 7. The Morgan fingerprint density at radius 1 is 1.25 bits per heavy atom. The molecular weight excluding hydrogens is 306 g/mol. The minimum absolute atomic E-state index is 0.00287. The Morgan fingerprint density at radius 2 is 1.83 bits per heavy atom. The molecule has 1 aromatic heterocycles. The fourth-order valence-electron chi connectivity index (χ4n) is 3.14. The SMILES string of the molecule is CCn1c(=O)n(CC(=O)NCC(C)(C)CC(C)O)c2ccccc21. The highest BCUT2D eigenvalue weighted by Crippen LogP contribution is 2.21. The maximum absolute atomic E-state index is 12.5. The molecular formula is C18H27N3O3. The quantitative estimate of drug-likeness (QED) is 0.810. The van der Waals surface area contributed by atoms with E-state index in [1.165, 1.54) is 4.57 Å². The van der Waals surface area contributed by atoms with Crippen LogP contribution in [-0.4, -0.2) is 32.8 Å². The van der Waals surface area contributed by atoms with Crippen molar-refractivity contribution in [1.82, 2.24) is 14.5 Å². The van der Waals surface area contributed by atoms with E-state index in [0.29, 0.717) is 19.5 Å². The van der Waals surface area contributed by atoms with E-state index in [1.807, 2.05) is 45.0 Å². The van der Waals surface area contributed by atoms with Crippen molar-refractivity contribution < 1.29 is 9.90 Å². The van der Waals surface area contributed by atoms with Crippen LogP contribution in [0.25, 0.3) is 11.0 Å². The normalized spacial score (nSPS) is 13.2. The van der Waals surface area contributed by atoms with Gasteiger partial charge in [-0.2, -0.15) is 0 Å². The molecule has 2 aromatic rings. The van der Waals surface area contributed by atoms with E-state index >= 15 is 0 Å². The van der Waals surface area contributed by atoms with E-state index in [4.69, 9.17) is 0 Å². The number of aliphatic hydroxyl groups is 1. The van der Waals surface area contributed by atoms with Crippen LogP contribution in [-0.2, 0) is 17.9 Å². The summed E-state index contributed by atoms with van der Waals surface area (Å²) >= 11 is 0. The van der Waals surface area contributed by atoms with Crippen LogP contribution in [0.4, 0.5) is 0 Å². The minimum Gasteiger partial charge on any atom is -0.393 e. The zero-order chi connectivity index (χ0) is 17.9. The van der Waals surface area contributed by atoms with Crippen LogP contribution in [0, 0.1) is 5.41 Å². The first-order valence-electron chi connectivity index (χ1n) is 8.38. The molecule has 24 heavy (non-hydrogen) atoms. The van der Waals surface area contributed by atoms with E-state index in [9.17, 15) is 14.7 Å². The van der Waals surface area contributed by atoms with Crippen LogP contribution in [0.1, 0.15) is 34.1 Å². The summed E-state index contributed by atoms with van der Waals surface area (Å²) in [5.41, 5.74) is 1.23. The highest BCUT2D eigenvalue weighted by Gasteiger charge is 2.22. The van der Waals surface area contributed by atoms with Crippen molar-refractivity contribution in [3.63, 3.8) is 0 Å². The van der Waals surface area contributed by atoms with Gasteiger partial charge in [0.05, 0.1) is 17.1 Å². The van der Waals surface area contributed by atoms with Crippen molar-refractivity contribution in [2.75, 3.05) is 6.54 Å². The number of hydrogen-bond acceptors (Lipinski definition) is 3. The van der Waals surface area contributed by atoms with Crippen molar-refractivity contribution in [2.24, 2.45) is 5.41 Å². The Morgan fingerprint density at radius 3 is 2.38 bits per heavy atom. The molecule has 6 heteroatoms. The first kappa shape index (κ1) is 18.3. The van der Waals surface area contributed by atoms with Crippen molar-refractivity contribution in [1.29, 1.82) is 0 Å². The molecule has 2 rings (SSSR count). The largest absolute Gasteiger partial charge is 0.393 e. The predicted molar refractivity (Wildman–Crippen MR) is 95.0 cm³/mol. The number of carbonyl (C=O) groups is 1. The Balaban J connectivity index is 2.14. The van der Waals surface area contributed by atoms with Gasteiger partial charge in [0.2, 0.25) is 5.91 Å². The summed E-state index contributed by atoms with van der Waals surface area (Å²) < 4.78 is 3.18. The summed E-state index contributed by atoms with van der Waals surface area (Å²) in [4.78, 5) is 24.8. The molecule has 0 spiro atoms. The van der Waals surface area contributed by atoms with Crippen LogP contribution in [0.2, 0.25) is 0 Å². The molecule has 0 bridgehead atoms. The standard InChI is InChI=1S/C18H27N3O3/c1-5-20-14-8-6-7-9-15(14)21(17(20)24)11-16(23)19-12-18(3,4)10-13(2)22/h6-9,13,22H,5,10-12H2,1-4H3,(H,19,23). The number of aliphatic hydroxyl groups excluding tert-OH is 1. The molecule has 1 amide bonds. The zero-order valence-electron chi connectivity index (χ0n) is 14.9. The van der Waals surface area contributed by atoms with E-state index in [0.717, 1.165) is 11.0 Å². The first-order chi connectivity index (χ1) is 11.2. The lowest BCUT2D eigenvalue weighted by Gasteiger charge is -2.26. The number of amides is 1. The molecule has 0 fully saturated rings. The Hall–Kier alpha value is -2.08. The number of aryl methyl sites for hydroxylation is 1. The van der Waals surface area contributed by atoms with Crippen LogP contribution < -0.4 is 11.0 Å². The first-order valence-corrected chi connectivity index (χ1v) is 8.38. The molecule has 0 aliphatic heterocycles. The smallest absolute Gasteiger partial charge is 0.329 e. The van der Waals surface area contributed by atoms with Gasteiger partial charge in [-0.05, 0) is 37.8 Å². The second kappa shape index (κ2) is 7.21. The molecule has 0 saturated heterocycles. The minimum atomic E-state index is -0.415. The van der Waals surface area contributed by atoms with Crippen molar-refractivity contribution in [3.05, 3.63) is 34.7 Å². The van der Waals surface area contributed by atoms with Crippen LogP contribution in [0.15, 0.2) is 29.1 Å². The van der Waals surface area contributed by atoms with Gasteiger partial charge in [-0.25, -0.2) is 4.79 Å². The van der Waals surface area contributed by atoms with Crippen LogP contribution >= 0.6 is 0 Å². The highest BCUT2D eigenvalue weighted by atomic mass is 16.3. The molecule has 2 N–H and O–H groups in total. The lowest BCUT2D eigenvalue weighted by Crippen LogP contribution is -2.39. The molecule has 1 heterocycles. The second-order valence-corrected chi connectivity index (χ2v) is 7.10. The van der Waals surface area contributed by atoms with Crippen molar-refractivity contribution >= 4 is 16.9 Å². The van der Waals surface area contributed by atoms with Crippen LogP contribution in [0.5, 0.6) is 0 Å². The number of nitrogens with one attached hydrogen (secondary N) is 1. The summed E-state index contributed by atoms with van der Waals surface area (Å²) in [6.07, 6.45) is 0.185. The number of nitrogens with zero attached hydrogens (tertiary/aromatic N) is 2. The molecule has 1 aromatic carbocycles. The summed E-state index contributed by atoms with van der Waals surface area (Å²) in [5, 5.41) is 12.4. The number of hydrogen-bond donors (Lipinski definition) is 2. The van der Waals surface area contributed by atoms with Gasteiger partial charge in [0.15, 0.2) is 0 Å². The Kier molecular flexibility index (Phi) is 5.49. The molecule has 132 valence electrons. The number of imidazole rings is 1. The molecule has 1 unspecified atom stereocenters. The van der Waals surface area contributed by atoms with Gasteiger partial charge in [-0.15, -0.1) is 0 Å². The fourth-order valence-corrected chi connectivity index (χ4v) is 3.14. The average Bonchev–Trinajstić information content (AvgIpc) is 2.76. The maximum Gasteiger partial charge on any atom is 0.329 e. The van der Waals surface area contributed by atoms with Gasteiger partial charge in [-0.1, -0.05) is 26.0 Å². The van der Waals surface area contributed by atoms with E-state index < -0.39 is 6.10 Å². The number of aromatic nitrogens is 2. The Bertz CT molecular complexity index is 771. The topological polar surface area (TPSA) is 76.3 Å². The summed E-state index contributed by atoms with van der Waals surface area (Å²) in [5.74, 6) is -0.199. The molecule has 0 saturated carbocycles. The average molecular weight is 333 g/mol. The summed E-state index contributed by atoms with van der Waals surface area (Å²) in [7, 11) is 0. The number of carbonyl (C=O) groups excluding carboxylic acids is 1. The van der Waals surface area contributed by atoms with Crippen molar-refractivity contribution in [2.45, 2.75) is 53.3 Å². The van der Waals surface area contributed by atoms with Gasteiger partial charge in [0, 0.05) is 13.1 Å². The third kappa shape index (κ3) is 4.06. The van der Waals surface area contributed by atoms with E-state index in [2.05, 4.69) is 5.32 Å². The van der Waals surface area contributed by atoms with E-state index in [1.54, 1.807) is 11.5 Å². The predicted octanol–water partition coefficient (Wildman–Crippen LogP) is 1.74. The van der Waals surface area contributed by atoms with Gasteiger partial charge >= 0.3 is 5.69 Å². The van der Waals surface area contributed by atoms with Gasteiger partial charge in [0.1, 0.15) is 6.54 Å². The third-order valence-electron chi connectivity index (χ3n) is 4.16. The second-order valence-electron chi connectivity index (χ2n) is 7.10. The molecule has 6 nitrogen and oxygen atoms in total. The number of benzene rings is 1. The number of fused-ring (bicyclic) bond motifs is 1. The fraction of sp³-hybridized carbons (Fsp3) is 0.556. The monoisotopic (exact) mass is 333 g/mol. The van der Waals surface area contributed by atoms with Gasteiger partial charge in [-0.3, -0.25) is 13.9 Å². The lowest BCUT2D eigenvalue weighted by molar-refractivity contribution is -0.122. The molecule has 0 aliphatic carbocycles. The summed E-state index contributed by atoms with van der Waals surface area (Å²) in [6, 6.07) is 7.49. The van der Waals surface area contributed by atoms with Gasteiger partial charge in [0.25, 0.3) is 0 Å². The molecule has 0 radical (unpaired) electrons. The third-order valence-corrected chi connectivity index (χ3v) is 4.16. The summed E-state index contributed by atoms with van der Waals surface area (Å²) in [6.45, 7) is 8.66. The Labute approximate surface area is 142 Å². The molecule has 0 aliphatic rings. The lowest BCUT2D eigenvalue weighted by atomic mass is 9.87. The van der Waals surface area contributed by atoms with E-state index in [-0.39, 0.29) is 23.6 Å². The molecule has 1 atom stereocenters. The maximum atomic E-state index is 12.5. The van der Waals surface area contributed by atoms with Gasteiger partial charge < -0.3 is 10.4 Å². The van der Waals surface area contributed by atoms with Crippen LogP contribution in [0.3, 0.4) is 0 Å².